The predicted octanol–water partition coefficient (Wildman–Crippen LogP) is 3.87. The van der Waals surface area contributed by atoms with E-state index in [1.165, 1.54) is 4.31 Å². The van der Waals surface area contributed by atoms with Gasteiger partial charge in [0.2, 0.25) is 21.8 Å². The van der Waals surface area contributed by atoms with Crippen LogP contribution in [0.5, 0.6) is 0 Å². The Morgan fingerprint density at radius 2 is 1.59 bits per heavy atom. The lowest BCUT2D eigenvalue weighted by molar-refractivity contribution is -0.140. The molecule has 0 aliphatic carbocycles. The van der Waals surface area contributed by atoms with Crippen molar-refractivity contribution in [1.29, 1.82) is 0 Å². The average Bonchev–Trinajstić information content (AvgIpc) is 2.77. The Morgan fingerprint density at radius 3 is 2.15 bits per heavy atom. The maximum Gasteiger partial charge on any atom is 0.242 e. The number of sulfonamides is 1. The van der Waals surface area contributed by atoms with E-state index in [1.54, 1.807) is 36.1 Å². The molecule has 7 nitrogen and oxygen atoms in total. The molecule has 0 saturated carbocycles. The quantitative estimate of drug-likeness (QED) is 0.472. The molecule has 34 heavy (non-hydrogen) atoms. The third-order valence-electron chi connectivity index (χ3n) is 5.35. The van der Waals surface area contributed by atoms with Gasteiger partial charge in [-0.25, -0.2) is 8.42 Å². The maximum atomic E-state index is 13.2. The van der Waals surface area contributed by atoms with Gasteiger partial charge in [0.25, 0.3) is 0 Å². The highest BCUT2D eigenvalue weighted by Crippen LogP contribution is 2.21. The third kappa shape index (κ3) is 8.65. The molecule has 1 unspecified atom stereocenters. The number of rotatable bonds is 12. The molecule has 0 aromatic heterocycles. The second-order valence-corrected chi connectivity index (χ2v) is 10.9. The monoisotopic (exact) mass is 507 g/mol. The van der Waals surface area contributed by atoms with Crippen molar-refractivity contribution in [3.63, 3.8) is 0 Å². The smallest absolute Gasteiger partial charge is 0.242 e. The lowest BCUT2D eigenvalue weighted by atomic mass is 10.1. The van der Waals surface area contributed by atoms with Gasteiger partial charge in [0.1, 0.15) is 6.04 Å². The van der Waals surface area contributed by atoms with Crippen LogP contribution in [0.4, 0.5) is 5.69 Å². The molecule has 2 amide bonds. The molecule has 0 spiro atoms. The number of nitrogens with zero attached hydrogens (tertiary/aromatic N) is 2. The molecule has 1 atom stereocenters. The Balaban J connectivity index is 2.09. The largest absolute Gasteiger partial charge is 0.352 e. The molecule has 0 heterocycles. The zero-order chi connectivity index (χ0) is 25.3. The summed E-state index contributed by atoms with van der Waals surface area (Å²) in [6.45, 7) is 6.00. The second kappa shape index (κ2) is 12.8. The van der Waals surface area contributed by atoms with Crippen LogP contribution in [0.1, 0.15) is 39.2 Å². The predicted molar refractivity (Wildman–Crippen MR) is 137 cm³/mol. The molecular weight excluding hydrogens is 474 g/mol. The van der Waals surface area contributed by atoms with E-state index < -0.39 is 16.1 Å². The summed E-state index contributed by atoms with van der Waals surface area (Å²) in [6.07, 6.45) is 2.18. The fourth-order valence-corrected chi connectivity index (χ4v) is 4.68. The first-order valence-corrected chi connectivity index (χ1v) is 13.6. The Morgan fingerprint density at radius 1 is 0.971 bits per heavy atom. The Labute approximate surface area is 208 Å². The van der Waals surface area contributed by atoms with Crippen molar-refractivity contribution in [1.82, 2.24) is 10.2 Å². The van der Waals surface area contributed by atoms with Gasteiger partial charge >= 0.3 is 0 Å². The Bertz CT molecular complexity index is 1040. The third-order valence-corrected chi connectivity index (χ3v) is 6.80. The summed E-state index contributed by atoms with van der Waals surface area (Å²) in [7, 11) is -3.54. The highest BCUT2D eigenvalue weighted by molar-refractivity contribution is 7.92. The molecule has 0 fully saturated rings. The number of halogens is 1. The molecule has 0 bridgehead atoms. The van der Waals surface area contributed by atoms with E-state index >= 15 is 0 Å². The summed E-state index contributed by atoms with van der Waals surface area (Å²) in [5.41, 5.74) is 1.56. The van der Waals surface area contributed by atoms with Crippen LogP contribution < -0.4 is 9.62 Å². The normalized spacial score (nSPS) is 12.3. The fourth-order valence-electron chi connectivity index (χ4n) is 3.59. The number of anilines is 1. The molecule has 0 radical (unpaired) electrons. The van der Waals surface area contributed by atoms with Crippen LogP contribution in [0.2, 0.25) is 5.02 Å². The van der Waals surface area contributed by atoms with Gasteiger partial charge in [0.05, 0.1) is 11.9 Å². The molecular formula is C25H34ClN3O4S. The van der Waals surface area contributed by atoms with Gasteiger partial charge in [-0.15, -0.1) is 0 Å². The summed E-state index contributed by atoms with van der Waals surface area (Å²) in [5, 5.41) is 3.37. The number of hydrogen-bond donors (Lipinski definition) is 1. The number of amides is 2. The highest BCUT2D eigenvalue weighted by Gasteiger charge is 2.26. The standard InChI is InChI=1S/C25H34ClN3O4S/c1-19(2)27-25(31)20(3)28(18-16-21-9-6-5-7-10-21)24(30)11-8-17-29(34(4,32)33)23-14-12-22(26)13-15-23/h5-7,9-10,12-15,19-20H,8,11,16-18H2,1-4H3,(H,27,31). The second-order valence-electron chi connectivity index (χ2n) is 8.58. The van der Waals surface area contributed by atoms with Gasteiger partial charge in [-0.2, -0.15) is 0 Å². The van der Waals surface area contributed by atoms with Crippen molar-refractivity contribution in [2.24, 2.45) is 0 Å². The van der Waals surface area contributed by atoms with Crippen LogP contribution in [0.3, 0.4) is 0 Å². The number of nitrogens with one attached hydrogen (secondary N) is 1. The van der Waals surface area contributed by atoms with Crippen molar-refractivity contribution >= 4 is 39.1 Å². The van der Waals surface area contributed by atoms with E-state index in [1.807, 2.05) is 44.2 Å². The van der Waals surface area contributed by atoms with Crippen molar-refractivity contribution in [2.45, 2.75) is 52.1 Å². The van der Waals surface area contributed by atoms with Crippen LogP contribution in [-0.4, -0.2) is 56.6 Å². The van der Waals surface area contributed by atoms with Crippen LogP contribution in [-0.2, 0) is 26.0 Å². The molecule has 0 aliphatic heterocycles. The van der Waals surface area contributed by atoms with Gasteiger partial charge < -0.3 is 10.2 Å². The van der Waals surface area contributed by atoms with Crippen molar-refractivity contribution in [3.8, 4) is 0 Å². The van der Waals surface area contributed by atoms with Gasteiger partial charge in [0.15, 0.2) is 0 Å². The summed E-state index contributed by atoms with van der Waals surface area (Å²) in [6, 6.07) is 15.6. The summed E-state index contributed by atoms with van der Waals surface area (Å²) in [4.78, 5) is 27.4. The minimum atomic E-state index is -3.54. The van der Waals surface area contributed by atoms with Crippen LogP contribution in [0, 0.1) is 0 Å². The minimum absolute atomic E-state index is 0.0382. The molecule has 1 N–H and O–H groups in total. The molecule has 0 aliphatic rings. The van der Waals surface area contributed by atoms with E-state index in [4.69, 9.17) is 11.6 Å². The molecule has 0 saturated heterocycles. The lowest BCUT2D eigenvalue weighted by Gasteiger charge is -2.30. The number of hydrogen-bond acceptors (Lipinski definition) is 4. The minimum Gasteiger partial charge on any atom is -0.352 e. The zero-order valence-electron chi connectivity index (χ0n) is 20.2. The van der Waals surface area contributed by atoms with Crippen LogP contribution in [0.15, 0.2) is 54.6 Å². The van der Waals surface area contributed by atoms with Crippen LogP contribution in [0.25, 0.3) is 0 Å². The van der Waals surface area contributed by atoms with E-state index in [0.29, 0.717) is 30.1 Å². The number of benzene rings is 2. The summed E-state index contributed by atoms with van der Waals surface area (Å²) in [5.74, 6) is -0.401. The SMILES string of the molecule is CC(C)NC(=O)C(C)N(CCc1ccccc1)C(=O)CCCN(c1ccc(Cl)cc1)S(C)(=O)=O. The topological polar surface area (TPSA) is 86.8 Å². The molecule has 2 aromatic carbocycles. The van der Waals surface area contributed by atoms with Gasteiger partial charge in [-0.05, 0) is 63.4 Å². The molecule has 2 rings (SSSR count). The average molecular weight is 508 g/mol. The van der Waals surface area contributed by atoms with E-state index in [-0.39, 0.29) is 30.8 Å². The molecule has 9 heteroatoms. The van der Waals surface area contributed by atoms with Gasteiger partial charge in [-0.3, -0.25) is 13.9 Å². The number of carbonyl (C=O) groups excluding carboxylic acids is 2. The summed E-state index contributed by atoms with van der Waals surface area (Å²) < 4.78 is 25.9. The summed E-state index contributed by atoms with van der Waals surface area (Å²) >= 11 is 5.92. The van der Waals surface area contributed by atoms with Crippen molar-refractivity contribution < 1.29 is 18.0 Å². The van der Waals surface area contributed by atoms with Crippen molar-refractivity contribution in [2.75, 3.05) is 23.7 Å². The Kier molecular flexibility index (Phi) is 10.4. The first kappa shape index (κ1) is 27.7. The molecule has 2 aromatic rings. The number of carbonyl (C=O) groups is 2. The van der Waals surface area contributed by atoms with Gasteiger partial charge in [0, 0.05) is 30.6 Å². The van der Waals surface area contributed by atoms with E-state index in [2.05, 4.69) is 5.32 Å². The zero-order valence-corrected chi connectivity index (χ0v) is 21.8. The first-order chi connectivity index (χ1) is 16.0. The van der Waals surface area contributed by atoms with E-state index in [0.717, 1.165) is 11.8 Å². The fraction of sp³-hybridized carbons (Fsp3) is 0.440. The van der Waals surface area contributed by atoms with Crippen LogP contribution >= 0.6 is 11.6 Å². The maximum absolute atomic E-state index is 13.2. The Hall–Kier alpha value is -2.58. The van der Waals surface area contributed by atoms with E-state index in [9.17, 15) is 18.0 Å². The lowest BCUT2D eigenvalue weighted by Crippen LogP contribution is -2.50. The molecule has 186 valence electrons. The van der Waals surface area contributed by atoms with Crippen molar-refractivity contribution in [3.05, 3.63) is 65.2 Å². The highest BCUT2D eigenvalue weighted by atomic mass is 35.5. The van der Waals surface area contributed by atoms with Gasteiger partial charge in [-0.1, -0.05) is 41.9 Å². The first-order valence-electron chi connectivity index (χ1n) is 11.4.